The third kappa shape index (κ3) is 3.44. The van der Waals surface area contributed by atoms with Gasteiger partial charge in [0.05, 0.1) is 35.9 Å². The number of rotatable bonds is 4. The first-order chi connectivity index (χ1) is 7.67. The first kappa shape index (κ1) is 12.3. The molecule has 0 aliphatic carbocycles. The number of hydrogen-bond donors (Lipinski definition) is 1. The van der Waals surface area contributed by atoms with E-state index in [1.165, 1.54) is 7.11 Å². The summed E-state index contributed by atoms with van der Waals surface area (Å²) in [5, 5.41) is 12.1. The van der Waals surface area contributed by atoms with Crippen LogP contribution < -0.4 is 5.32 Å². The maximum Gasteiger partial charge on any atom is 0.307 e. The van der Waals surface area contributed by atoms with Gasteiger partial charge in [-0.1, -0.05) is 11.6 Å². The molecule has 0 heterocycles. The van der Waals surface area contributed by atoms with Crippen LogP contribution >= 0.6 is 11.6 Å². The molecule has 1 rings (SSSR count). The molecule has 5 heteroatoms. The number of anilines is 1. The number of benzene rings is 1. The van der Waals surface area contributed by atoms with Gasteiger partial charge < -0.3 is 10.1 Å². The number of esters is 1. The third-order valence-corrected chi connectivity index (χ3v) is 2.28. The van der Waals surface area contributed by atoms with Gasteiger partial charge >= 0.3 is 5.97 Å². The number of nitriles is 1. The summed E-state index contributed by atoms with van der Waals surface area (Å²) in [7, 11) is 1.34. The lowest BCUT2D eigenvalue weighted by atomic mass is 10.2. The standard InChI is InChI=1S/C11H11ClN2O2/c1-16-11(15)4-5-14-10-3-2-8(7-13)6-9(10)12/h2-3,6,14H,4-5H2,1H3. The van der Waals surface area contributed by atoms with Crippen LogP contribution in [0.5, 0.6) is 0 Å². The average molecular weight is 239 g/mol. The van der Waals surface area contributed by atoms with E-state index in [1.54, 1.807) is 18.2 Å². The molecule has 0 aromatic heterocycles. The number of halogens is 1. The lowest BCUT2D eigenvalue weighted by Crippen LogP contribution is -2.09. The van der Waals surface area contributed by atoms with E-state index < -0.39 is 0 Å². The molecule has 0 amide bonds. The second-order valence-corrected chi connectivity index (χ2v) is 3.47. The normalized spacial score (nSPS) is 9.31. The van der Waals surface area contributed by atoms with Gasteiger partial charge in [-0.15, -0.1) is 0 Å². The van der Waals surface area contributed by atoms with Crippen LogP contribution in [0.25, 0.3) is 0 Å². The van der Waals surface area contributed by atoms with Crippen molar-refractivity contribution < 1.29 is 9.53 Å². The summed E-state index contributed by atoms with van der Waals surface area (Å²) in [6.07, 6.45) is 0.271. The predicted molar refractivity (Wildman–Crippen MR) is 61.3 cm³/mol. The minimum atomic E-state index is -0.280. The van der Waals surface area contributed by atoms with Crippen LogP contribution in [0.15, 0.2) is 18.2 Å². The molecule has 0 atom stereocenters. The molecule has 0 saturated heterocycles. The van der Waals surface area contributed by atoms with Crippen LogP contribution in [0.2, 0.25) is 5.02 Å². The molecular weight excluding hydrogens is 228 g/mol. The van der Waals surface area contributed by atoms with Crippen molar-refractivity contribution in [1.29, 1.82) is 5.26 Å². The highest BCUT2D eigenvalue weighted by Crippen LogP contribution is 2.22. The van der Waals surface area contributed by atoms with E-state index in [0.717, 1.165) is 0 Å². The average Bonchev–Trinajstić information content (AvgIpc) is 2.30. The Morgan fingerprint density at radius 1 is 1.62 bits per heavy atom. The van der Waals surface area contributed by atoms with Gasteiger partial charge in [0, 0.05) is 6.54 Å². The summed E-state index contributed by atoms with van der Waals surface area (Å²) in [6.45, 7) is 0.443. The van der Waals surface area contributed by atoms with Gasteiger partial charge in [-0.3, -0.25) is 4.79 Å². The number of carbonyl (C=O) groups excluding carboxylic acids is 1. The van der Waals surface area contributed by atoms with Crippen LogP contribution in [0, 0.1) is 11.3 Å². The van der Waals surface area contributed by atoms with Crippen LogP contribution in [0.1, 0.15) is 12.0 Å². The lowest BCUT2D eigenvalue weighted by molar-refractivity contribution is -0.140. The zero-order chi connectivity index (χ0) is 12.0. The van der Waals surface area contributed by atoms with Crippen LogP contribution in [0.4, 0.5) is 5.69 Å². The molecule has 0 bridgehead atoms. The lowest BCUT2D eigenvalue weighted by Gasteiger charge is -2.07. The second-order valence-electron chi connectivity index (χ2n) is 3.06. The van der Waals surface area contributed by atoms with E-state index in [2.05, 4.69) is 10.1 Å². The van der Waals surface area contributed by atoms with Crippen molar-refractivity contribution in [2.45, 2.75) is 6.42 Å². The Labute approximate surface area is 98.8 Å². The summed E-state index contributed by atoms with van der Waals surface area (Å²) in [6, 6.07) is 6.93. The summed E-state index contributed by atoms with van der Waals surface area (Å²) < 4.78 is 4.50. The summed E-state index contributed by atoms with van der Waals surface area (Å²) in [4.78, 5) is 10.8. The van der Waals surface area contributed by atoms with Gasteiger partial charge in [-0.05, 0) is 18.2 Å². The molecule has 16 heavy (non-hydrogen) atoms. The molecule has 0 saturated carbocycles. The second kappa shape index (κ2) is 5.99. The van der Waals surface area contributed by atoms with Gasteiger partial charge in [0.15, 0.2) is 0 Å². The smallest absolute Gasteiger partial charge is 0.307 e. The monoisotopic (exact) mass is 238 g/mol. The van der Waals surface area contributed by atoms with E-state index >= 15 is 0 Å². The molecule has 0 fully saturated rings. The molecule has 0 spiro atoms. The maximum atomic E-state index is 10.8. The highest BCUT2D eigenvalue weighted by atomic mass is 35.5. The fraction of sp³-hybridized carbons (Fsp3) is 0.273. The molecule has 1 aromatic carbocycles. The summed E-state index contributed by atoms with van der Waals surface area (Å²) in [5.41, 5.74) is 1.20. The predicted octanol–water partition coefficient (Wildman–Crippen LogP) is 2.19. The van der Waals surface area contributed by atoms with Crippen molar-refractivity contribution in [2.24, 2.45) is 0 Å². The Hall–Kier alpha value is -1.73. The Morgan fingerprint density at radius 3 is 2.94 bits per heavy atom. The summed E-state index contributed by atoms with van der Waals surface area (Å²) in [5.74, 6) is -0.280. The van der Waals surface area contributed by atoms with Gasteiger partial charge in [-0.2, -0.15) is 5.26 Å². The number of hydrogen-bond acceptors (Lipinski definition) is 4. The number of carbonyl (C=O) groups is 1. The fourth-order valence-electron chi connectivity index (χ4n) is 1.13. The molecule has 1 N–H and O–H groups in total. The molecular formula is C11H11ClN2O2. The molecule has 0 radical (unpaired) electrons. The molecule has 0 aliphatic heterocycles. The molecule has 84 valence electrons. The van der Waals surface area contributed by atoms with Crippen molar-refractivity contribution >= 4 is 23.3 Å². The molecule has 0 unspecified atom stereocenters. The summed E-state index contributed by atoms with van der Waals surface area (Å²) >= 11 is 5.93. The van der Waals surface area contributed by atoms with Gasteiger partial charge in [0.1, 0.15) is 0 Å². The largest absolute Gasteiger partial charge is 0.469 e. The van der Waals surface area contributed by atoms with Crippen LogP contribution in [-0.2, 0) is 9.53 Å². The van der Waals surface area contributed by atoms with E-state index in [0.29, 0.717) is 22.8 Å². The molecule has 4 nitrogen and oxygen atoms in total. The van der Waals surface area contributed by atoms with E-state index in [9.17, 15) is 4.79 Å². The number of methoxy groups -OCH3 is 1. The fourth-order valence-corrected chi connectivity index (χ4v) is 1.38. The topological polar surface area (TPSA) is 62.1 Å². The Kier molecular flexibility index (Phi) is 4.62. The molecule has 1 aromatic rings. The quantitative estimate of drug-likeness (QED) is 0.817. The van der Waals surface area contributed by atoms with Gasteiger partial charge in [0.2, 0.25) is 0 Å². The van der Waals surface area contributed by atoms with E-state index in [1.807, 2.05) is 6.07 Å². The van der Waals surface area contributed by atoms with Crippen LogP contribution in [0.3, 0.4) is 0 Å². The highest BCUT2D eigenvalue weighted by Gasteiger charge is 2.03. The van der Waals surface area contributed by atoms with Crippen molar-refractivity contribution in [3.8, 4) is 6.07 Å². The van der Waals surface area contributed by atoms with Crippen molar-refractivity contribution in [1.82, 2.24) is 0 Å². The minimum absolute atomic E-state index is 0.271. The first-order valence-corrected chi connectivity index (χ1v) is 5.05. The minimum Gasteiger partial charge on any atom is -0.469 e. The SMILES string of the molecule is COC(=O)CCNc1ccc(C#N)cc1Cl. The van der Waals surface area contributed by atoms with E-state index in [4.69, 9.17) is 16.9 Å². The Morgan fingerprint density at radius 2 is 2.38 bits per heavy atom. The van der Waals surface area contributed by atoms with Gasteiger partial charge in [-0.25, -0.2) is 0 Å². The maximum absolute atomic E-state index is 10.8. The van der Waals surface area contributed by atoms with Gasteiger partial charge in [0.25, 0.3) is 0 Å². The highest BCUT2D eigenvalue weighted by molar-refractivity contribution is 6.33. The third-order valence-electron chi connectivity index (χ3n) is 1.97. The van der Waals surface area contributed by atoms with Crippen LogP contribution in [-0.4, -0.2) is 19.6 Å². The number of nitrogens with one attached hydrogen (secondary N) is 1. The zero-order valence-electron chi connectivity index (χ0n) is 8.79. The van der Waals surface area contributed by atoms with E-state index in [-0.39, 0.29) is 12.4 Å². The first-order valence-electron chi connectivity index (χ1n) is 4.67. The number of ether oxygens (including phenoxy) is 1. The Balaban J connectivity index is 2.55. The van der Waals surface area contributed by atoms with Crippen molar-refractivity contribution in [3.05, 3.63) is 28.8 Å². The number of nitrogens with zero attached hydrogens (tertiary/aromatic N) is 1. The van der Waals surface area contributed by atoms with Crippen molar-refractivity contribution in [2.75, 3.05) is 19.0 Å². The Bertz CT molecular complexity index is 426. The van der Waals surface area contributed by atoms with Crippen molar-refractivity contribution in [3.63, 3.8) is 0 Å². The zero-order valence-corrected chi connectivity index (χ0v) is 9.54. The molecule has 0 aliphatic rings.